The summed E-state index contributed by atoms with van der Waals surface area (Å²) in [6, 6.07) is 8.00. The fraction of sp³-hybridized carbons (Fsp3) is 0.417. The van der Waals surface area contributed by atoms with Gasteiger partial charge in [-0.25, -0.2) is 4.98 Å². The minimum atomic E-state index is -0.510. The molecule has 0 bridgehead atoms. The second-order valence-electron chi connectivity index (χ2n) is 3.79. The molecule has 2 rings (SSSR count). The van der Waals surface area contributed by atoms with Gasteiger partial charge in [0.25, 0.3) is 0 Å². The van der Waals surface area contributed by atoms with Gasteiger partial charge < -0.3 is 9.67 Å². The molecule has 1 N–H and O–H groups in total. The third kappa shape index (κ3) is 1.75. The molecule has 0 spiro atoms. The number of rotatable bonds is 3. The van der Waals surface area contributed by atoms with Gasteiger partial charge in [0.15, 0.2) is 0 Å². The molecule has 0 radical (unpaired) electrons. The lowest BCUT2D eigenvalue weighted by molar-refractivity contribution is 0.184. The molecule has 0 saturated heterocycles. The van der Waals surface area contributed by atoms with Crippen LogP contribution in [0.15, 0.2) is 24.3 Å². The average molecular weight is 204 g/mol. The molecule has 80 valence electrons. The van der Waals surface area contributed by atoms with E-state index in [4.69, 9.17) is 0 Å². The summed E-state index contributed by atoms with van der Waals surface area (Å²) >= 11 is 0. The van der Waals surface area contributed by atoms with Gasteiger partial charge in [0.05, 0.1) is 11.0 Å². The molecule has 1 aromatic heterocycles. The van der Waals surface area contributed by atoms with E-state index in [-0.39, 0.29) is 0 Å². The second-order valence-corrected chi connectivity index (χ2v) is 3.79. The zero-order valence-corrected chi connectivity index (χ0v) is 9.14. The number of aliphatic hydroxyl groups excluding tert-OH is 1. The molecule has 1 atom stereocenters. The Labute approximate surface area is 89.4 Å². The van der Waals surface area contributed by atoms with Gasteiger partial charge in [-0.15, -0.1) is 0 Å². The predicted molar refractivity (Wildman–Crippen MR) is 60.7 cm³/mol. The van der Waals surface area contributed by atoms with E-state index in [2.05, 4.69) is 16.5 Å². The smallest absolute Gasteiger partial charge is 0.138 e. The van der Waals surface area contributed by atoms with Crippen molar-refractivity contribution in [2.24, 2.45) is 0 Å². The first-order chi connectivity index (χ1) is 7.24. The summed E-state index contributed by atoms with van der Waals surface area (Å²) < 4.78 is 2.10. The van der Waals surface area contributed by atoms with Crippen LogP contribution in [0.4, 0.5) is 0 Å². The Morgan fingerprint density at radius 1 is 1.40 bits per heavy atom. The zero-order valence-electron chi connectivity index (χ0n) is 9.14. The van der Waals surface area contributed by atoms with Crippen molar-refractivity contribution in [3.63, 3.8) is 0 Å². The molecule has 1 aromatic carbocycles. The topological polar surface area (TPSA) is 38.0 Å². The Balaban J connectivity index is 2.63. The van der Waals surface area contributed by atoms with Crippen molar-refractivity contribution < 1.29 is 5.11 Å². The van der Waals surface area contributed by atoms with Crippen LogP contribution in [0.3, 0.4) is 0 Å². The van der Waals surface area contributed by atoms with Crippen LogP contribution in [0.5, 0.6) is 0 Å². The zero-order chi connectivity index (χ0) is 10.8. The van der Waals surface area contributed by atoms with Crippen LogP contribution >= 0.6 is 0 Å². The van der Waals surface area contributed by atoms with Gasteiger partial charge in [0.1, 0.15) is 11.9 Å². The summed E-state index contributed by atoms with van der Waals surface area (Å²) in [5.41, 5.74) is 2.07. The quantitative estimate of drug-likeness (QED) is 0.834. The van der Waals surface area contributed by atoms with E-state index in [0.29, 0.717) is 0 Å². The third-order valence-corrected chi connectivity index (χ3v) is 2.50. The summed E-state index contributed by atoms with van der Waals surface area (Å²) in [5, 5.41) is 9.65. The minimum absolute atomic E-state index is 0.510. The number of aliphatic hydroxyl groups is 1. The van der Waals surface area contributed by atoms with Crippen LogP contribution in [0.2, 0.25) is 0 Å². The standard InChI is InChI=1S/C12H16N2O/c1-3-8-14-11-7-5-4-6-10(11)13-12(14)9(2)15/h4-7,9,15H,3,8H2,1-2H3. The maximum absolute atomic E-state index is 9.65. The number of benzene rings is 1. The highest BCUT2D eigenvalue weighted by atomic mass is 16.3. The molecule has 0 amide bonds. The number of fused-ring (bicyclic) bond motifs is 1. The van der Waals surface area contributed by atoms with E-state index >= 15 is 0 Å². The molecule has 0 saturated carbocycles. The summed E-state index contributed by atoms with van der Waals surface area (Å²) in [6.45, 7) is 4.79. The number of imidazole rings is 1. The first kappa shape index (κ1) is 10.2. The van der Waals surface area contributed by atoms with Crippen molar-refractivity contribution >= 4 is 11.0 Å². The van der Waals surface area contributed by atoms with Crippen LogP contribution < -0.4 is 0 Å². The van der Waals surface area contributed by atoms with E-state index in [1.807, 2.05) is 24.3 Å². The normalized spacial score (nSPS) is 13.3. The number of aromatic nitrogens is 2. The molecule has 3 heteroatoms. The highest BCUT2D eigenvalue weighted by Gasteiger charge is 2.13. The van der Waals surface area contributed by atoms with E-state index in [0.717, 1.165) is 29.8 Å². The SMILES string of the molecule is CCCn1c(C(C)O)nc2ccccc21. The maximum atomic E-state index is 9.65. The van der Waals surface area contributed by atoms with Crippen LogP contribution in [0.1, 0.15) is 32.2 Å². The first-order valence-electron chi connectivity index (χ1n) is 5.37. The van der Waals surface area contributed by atoms with Gasteiger partial charge in [0.2, 0.25) is 0 Å². The van der Waals surface area contributed by atoms with Crippen molar-refractivity contribution in [1.29, 1.82) is 0 Å². The molecule has 2 aromatic rings. The number of aryl methyl sites for hydroxylation is 1. The lowest BCUT2D eigenvalue weighted by Gasteiger charge is -2.08. The lowest BCUT2D eigenvalue weighted by Crippen LogP contribution is -2.06. The second kappa shape index (κ2) is 4.03. The molecule has 3 nitrogen and oxygen atoms in total. The highest BCUT2D eigenvalue weighted by molar-refractivity contribution is 5.75. The third-order valence-electron chi connectivity index (χ3n) is 2.50. The summed E-state index contributed by atoms with van der Waals surface area (Å²) in [6.07, 6.45) is 0.532. The van der Waals surface area contributed by atoms with Crippen LogP contribution in [-0.4, -0.2) is 14.7 Å². The van der Waals surface area contributed by atoms with Gasteiger partial charge in [-0.2, -0.15) is 0 Å². The average Bonchev–Trinajstić information content (AvgIpc) is 2.58. The van der Waals surface area contributed by atoms with Gasteiger partial charge in [0, 0.05) is 6.54 Å². The molecular weight excluding hydrogens is 188 g/mol. The predicted octanol–water partition coefficient (Wildman–Crippen LogP) is 2.50. The number of nitrogens with zero attached hydrogens (tertiary/aromatic N) is 2. The van der Waals surface area contributed by atoms with Crippen molar-refractivity contribution in [3.8, 4) is 0 Å². The van der Waals surface area contributed by atoms with Crippen LogP contribution in [0.25, 0.3) is 11.0 Å². The van der Waals surface area contributed by atoms with E-state index in [9.17, 15) is 5.11 Å². The van der Waals surface area contributed by atoms with Gasteiger partial charge in [-0.3, -0.25) is 0 Å². The molecule has 1 unspecified atom stereocenters. The molecular formula is C12H16N2O. The Morgan fingerprint density at radius 2 is 2.13 bits per heavy atom. The van der Waals surface area contributed by atoms with Gasteiger partial charge >= 0.3 is 0 Å². The summed E-state index contributed by atoms with van der Waals surface area (Å²) in [7, 11) is 0. The molecule has 0 aliphatic rings. The summed E-state index contributed by atoms with van der Waals surface area (Å²) in [4.78, 5) is 4.44. The van der Waals surface area contributed by atoms with Gasteiger partial charge in [-0.1, -0.05) is 19.1 Å². The largest absolute Gasteiger partial charge is 0.385 e. The molecule has 0 aliphatic heterocycles. The lowest BCUT2D eigenvalue weighted by atomic mass is 10.3. The molecule has 1 heterocycles. The van der Waals surface area contributed by atoms with Crippen molar-refractivity contribution in [3.05, 3.63) is 30.1 Å². The van der Waals surface area contributed by atoms with Gasteiger partial charge in [-0.05, 0) is 25.5 Å². The molecule has 15 heavy (non-hydrogen) atoms. The van der Waals surface area contributed by atoms with E-state index in [1.165, 1.54) is 0 Å². The van der Waals surface area contributed by atoms with E-state index in [1.54, 1.807) is 6.92 Å². The fourth-order valence-electron chi connectivity index (χ4n) is 1.87. The Morgan fingerprint density at radius 3 is 2.80 bits per heavy atom. The first-order valence-corrected chi connectivity index (χ1v) is 5.37. The molecule has 0 aliphatic carbocycles. The van der Waals surface area contributed by atoms with Crippen molar-refractivity contribution in [1.82, 2.24) is 9.55 Å². The van der Waals surface area contributed by atoms with Crippen LogP contribution in [0, 0.1) is 0 Å². The Kier molecular flexibility index (Phi) is 2.73. The molecule has 0 fully saturated rings. The monoisotopic (exact) mass is 204 g/mol. The Bertz CT molecular complexity index is 460. The van der Waals surface area contributed by atoms with E-state index < -0.39 is 6.10 Å². The fourth-order valence-corrected chi connectivity index (χ4v) is 1.87. The highest BCUT2D eigenvalue weighted by Crippen LogP contribution is 2.20. The number of para-hydroxylation sites is 2. The Hall–Kier alpha value is -1.35. The van der Waals surface area contributed by atoms with Crippen molar-refractivity contribution in [2.75, 3.05) is 0 Å². The maximum Gasteiger partial charge on any atom is 0.138 e. The minimum Gasteiger partial charge on any atom is -0.385 e. The number of hydrogen-bond acceptors (Lipinski definition) is 2. The van der Waals surface area contributed by atoms with Crippen LogP contribution in [-0.2, 0) is 6.54 Å². The number of hydrogen-bond donors (Lipinski definition) is 1. The summed E-state index contributed by atoms with van der Waals surface area (Å²) in [5.74, 6) is 0.762. The van der Waals surface area contributed by atoms with Crippen molar-refractivity contribution in [2.45, 2.75) is 32.9 Å².